The van der Waals surface area contributed by atoms with Gasteiger partial charge in [0.25, 0.3) is 5.91 Å². The molecule has 0 atom stereocenters. The van der Waals surface area contributed by atoms with Crippen LogP contribution in [0, 0.1) is 0 Å². The first-order chi connectivity index (χ1) is 8.81. The van der Waals surface area contributed by atoms with E-state index < -0.39 is 30.0 Å². The number of amides is 1. The van der Waals surface area contributed by atoms with Gasteiger partial charge >= 0.3 is 6.18 Å². The minimum absolute atomic E-state index is 0.0734. The lowest BCUT2D eigenvalue weighted by Crippen LogP contribution is -2.24. The summed E-state index contributed by atoms with van der Waals surface area (Å²) in [5.41, 5.74) is -0.115. The number of phenolic OH excluding ortho intramolecular Hbond substituents is 2. The number of unbranched alkanes of at least 4 members (excludes halogenated alkanes) is 1. The number of phenols is 2. The van der Waals surface area contributed by atoms with Crippen LogP contribution in [0.5, 0.6) is 11.5 Å². The molecule has 0 saturated heterocycles. The van der Waals surface area contributed by atoms with Crippen LogP contribution in [0.1, 0.15) is 29.6 Å². The highest BCUT2D eigenvalue weighted by Crippen LogP contribution is 2.28. The monoisotopic (exact) mass is 277 g/mol. The quantitative estimate of drug-likeness (QED) is 0.572. The zero-order valence-corrected chi connectivity index (χ0v) is 10.00. The van der Waals surface area contributed by atoms with Crippen molar-refractivity contribution in [3.63, 3.8) is 0 Å². The first kappa shape index (κ1) is 15.1. The molecule has 0 radical (unpaired) electrons. The third-order valence-electron chi connectivity index (χ3n) is 2.43. The highest BCUT2D eigenvalue weighted by molar-refractivity contribution is 5.97. The highest BCUT2D eigenvalue weighted by atomic mass is 19.4. The van der Waals surface area contributed by atoms with Crippen molar-refractivity contribution < 1.29 is 28.2 Å². The van der Waals surface area contributed by atoms with Crippen molar-refractivity contribution in [2.24, 2.45) is 0 Å². The molecule has 0 bridgehead atoms. The van der Waals surface area contributed by atoms with Gasteiger partial charge in [-0.2, -0.15) is 13.2 Å². The van der Waals surface area contributed by atoms with Crippen LogP contribution in [0.25, 0.3) is 0 Å². The Labute approximate surface area is 107 Å². The SMILES string of the molecule is O=C(NCCCCC(F)(F)F)c1cccc(O)c1O. The molecule has 4 nitrogen and oxygen atoms in total. The molecule has 7 heteroatoms. The number of carbonyl (C=O) groups is 1. The molecule has 1 rings (SSSR count). The number of rotatable bonds is 5. The zero-order chi connectivity index (χ0) is 14.5. The molecule has 0 aliphatic heterocycles. The van der Waals surface area contributed by atoms with E-state index in [1.54, 1.807) is 0 Å². The molecule has 3 N–H and O–H groups in total. The Balaban J connectivity index is 2.38. The van der Waals surface area contributed by atoms with Crippen molar-refractivity contribution >= 4 is 5.91 Å². The zero-order valence-electron chi connectivity index (χ0n) is 10.00. The lowest BCUT2D eigenvalue weighted by molar-refractivity contribution is -0.135. The van der Waals surface area contributed by atoms with E-state index in [1.807, 2.05) is 0 Å². The third-order valence-corrected chi connectivity index (χ3v) is 2.43. The van der Waals surface area contributed by atoms with Gasteiger partial charge in [0.15, 0.2) is 11.5 Å². The number of alkyl halides is 3. The van der Waals surface area contributed by atoms with Crippen LogP contribution in [-0.2, 0) is 0 Å². The third kappa shape index (κ3) is 5.07. The summed E-state index contributed by atoms with van der Waals surface area (Å²) in [5.74, 6) is -1.61. The van der Waals surface area contributed by atoms with Crippen molar-refractivity contribution in [3.05, 3.63) is 23.8 Å². The first-order valence-electron chi connectivity index (χ1n) is 5.67. The second kappa shape index (κ2) is 6.31. The molecule has 0 aromatic heterocycles. The molecule has 0 heterocycles. The number of nitrogens with one attached hydrogen (secondary N) is 1. The van der Waals surface area contributed by atoms with Crippen molar-refractivity contribution in [1.82, 2.24) is 5.32 Å². The maximum atomic E-state index is 11.9. The standard InChI is InChI=1S/C12H14F3NO3/c13-12(14,15)6-1-2-7-16-11(19)8-4-3-5-9(17)10(8)18/h3-5,17-18H,1-2,6-7H2,(H,16,19). The summed E-state index contributed by atoms with van der Waals surface area (Å²) in [6, 6.07) is 3.91. The second-order valence-electron chi connectivity index (χ2n) is 4.00. The number of hydrogen-bond acceptors (Lipinski definition) is 3. The Kier molecular flexibility index (Phi) is 5.02. The van der Waals surface area contributed by atoms with Gasteiger partial charge in [-0.05, 0) is 25.0 Å². The predicted octanol–water partition coefficient (Wildman–Crippen LogP) is 2.56. The highest BCUT2D eigenvalue weighted by Gasteiger charge is 2.25. The van der Waals surface area contributed by atoms with Crippen molar-refractivity contribution in [1.29, 1.82) is 0 Å². The van der Waals surface area contributed by atoms with E-state index in [4.69, 9.17) is 0 Å². The molecule has 1 amide bonds. The molecule has 19 heavy (non-hydrogen) atoms. The van der Waals surface area contributed by atoms with E-state index in [0.717, 1.165) is 0 Å². The number of benzene rings is 1. The van der Waals surface area contributed by atoms with Gasteiger partial charge in [-0.25, -0.2) is 0 Å². The number of carbonyl (C=O) groups excluding carboxylic acids is 1. The molecule has 0 spiro atoms. The van der Waals surface area contributed by atoms with Gasteiger partial charge in [-0.15, -0.1) is 0 Å². The number of aromatic hydroxyl groups is 2. The van der Waals surface area contributed by atoms with E-state index in [1.165, 1.54) is 18.2 Å². The molecule has 1 aromatic carbocycles. The minimum atomic E-state index is -4.19. The van der Waals surface area contributed by atoms with Crippen LogP contribution in [0.4, 0.5) is 13.2 Å². The van der Waals surface area contributed by atoms with E-state index >= 15 is 0 Å². The van der Waals surface area contributed by atoms with E-state index in [0.29, 0.717) is 0 Å². The summed E-state index contributed by atoms with van der Waals surface area (Å²) in [6.07, 6.45) is -4.96. The van der Waals surface area contributed by atoms with Gasteiger partial charge < -0.3 is 15.5 Å². The van der Waals surface area contributed by atoms with Gasteiger partial charge in [-0.3, -0.25) is 4.79 Å². The summed E-state index contributed by atoms with van der Waals surface area (Å²) >= 11 is 0. The fourth-order valence-electron chi connectivity index (χ4n) is 1.46. The normalized spacial score (nSPS) is 11.3. The summed E-state index contributed by atoms with van der Waals surface area (Å²) in [7, 11) is 0. The molecular formula is C12H14F3NO3. The molecular weight excluding hydrogens is 263 g/mol. The average molecular weight is 277 g/mol. The van der Waals surface area contributed by atoms with Crippen LogP contribution < -0.4 is 5.32 Å². The van der Waals surface area contributed by atoms with Gasteiger partial charge in [0.05, 0.1) is 5.56 Å². The summed E-state index contributed by atoms with van der Waals surface area (Å²) < 4.78 is 35.6. The fourth-order valence-corrected chi connectivity index (χ4v) is 1.46. The van der Waals surface area contributed by atoms with Gasteiger partial charge in [0.2, 0.25) is 0 Å². The maximum Gasteiger partial charge on any atom is 0.389 e. The van der Waals surface area contributed by atoms with Gasteiger partial charge in [0.1, 0.15) is 0 Å². The van der Waals surface area contributed by atoms with Gasteiger partial charge in [0, 0.05) is 13.0 Å². The molecule has 0 saturated carbocycles. The molecule has 0 aliphatic rings. The first-order valence-corrected chi connectivity index (χ1v) is 5.67. The smallest absolute Gasteiger partial charge is 0.389 e. The second-order valence-corrected chi connectivity index (χ2v) is 4.00. The maximum absolute atomic E-state index is 11.9. The Morgan fingerprint density at radius 1 is 1.21 bits per heavy atom. The van der Waals surface area contributed by atoms with Crippen molar-refractivity contribution in [3.8, 4) is 11.5 Å². The van der Waals surface area contributed by atoms with E-state index in [-0.39, 0.29) is 24.9 Å². The Morgan fingerprint density at radius 3 is 2.53 bits per heavy atom. The van der Waals surface area contributed by atoms with Crippen LogP contribution in [0.3, 0.4) is 0 Å². The Bertz CT molecular complexity index is 446. The predicted molar refractivity (Wildman–Crippen MR) is 62.0 cm³/mol. The lowest BCUT2D eigenvalue weighted by Gasteiger charge is -2.08. The largest absolute Gasteiger partial charge is 0.504 e. The number of hydrogen-bond donors (Lipinski definition) is 3. The van der Waals surface area contributed by atoms with E-state index in [9.17, 15) is 28.2 Å². The molecule has 0 aliphatic carbocycles. The number of para-hydroxylation sites is 1. The summed E-state index contributed by atoms with van der Waals surface area (Å²) in [5, 5.41) is 21.0. The average Bonchev–Trinajstić information content (AvgIpc) is 2.30. The Hall–Kier alpha value is -1.92. The molecule has 1 aromatic rings. The van der Waals surface area contributed by atoms with Crippen LogP contribution >= 0.6 is 0 Å². The number of halogens is 3. The minimum Gasteiger partial charge on any atom is -0.504 e. The van der Waals surface area contributed by atoms with Crippen LogP contribution in [0.15, 0.2) is 18.2 Å². The Morgan fingerprint density at radius 2 is 1.89 bits per heavy atom. The van der Waals surface area contributed by atoms with Gasteiger partial charge in [-0.1, -0.05) is 6.07 Å². The molecule has 0 unspecified atom stereocenters. The molecule has 106 valence electrons. The lowest BCUT2D eigenvalue weighted by atomic mass is 10.1. The van der Waals surface area contributed by atoms with Crippen molar-refractivity contribution in [2.45, 2.75) is 25.4 Å². The van der Waals surface area contributed by atoms with E-state index in [2.05, 4.69) is 5.32 Å². The summed E-state index contributed by atoms with van der Waals surface area (Å²) in [6.45, 7) is 0.0734. The van der Waals surface area contributed by atoms with Crippen molar-refractivity contribution in [2.75, 3.05) is 6.54 Å². The van der Waals surface area contributed by atoms with Crippen LogP contribution in [0.2, 0.25) is 0 Å². The summed E-state index contributed by atoms with van der Waals surface area (Å²) in [4.78, 5) is 11.6. The van der Waals surface area contributed by atoms with Crippen LogP contribution in [-0.4, -0.2) is 28.8 Å². The molecule has 0 fully saturated rings. The fraction of sp³-hybridized carbons (Fsp3) is 0.417. The topological polar surface area (TPSA) is 69.6 Å².